The Bertz CT molecular complexity index is 471. The van der Waals surface area contributed by atoms with Gasteiger partial charge in [0.25, 0.3) is 0 Å². The SMILES string of the molecule is CC(C)c1ccc(Sc2ccc(Br)cc2)cc1. The third-order valence-electron chi connectivity index (χ3n) is 2.60. The number of halogens is 1. The number of hydrogen-bond acceptors (Lipinski definition) is 1. The molecule has 2 heteroatoms. The van der Waals surface area contributed by atoms with Crippen molar-refractivity contribution in [3.05, 3.63) is 58.6 Å². The van der Waals surface area contributed by atoms with Crippen LogP contribution in [-0.2, 0) is 0 Å². The van der Waals surface area contributed by atoms with E-state index in [2.05, 4.69) is 78.3 Å². The lowest BCUT2D eigenvalue weighted by Crippen LogP contribution is -1.85. The van der Waals surface area contributed by atoms with Gasteiger partial charge in [0, 0.05) is 14.3 Å². The first-order chi connectivity index (χ1) is 8.15. The van der Waals surface area contributed by atoms with Crippen molar-refractivity contribution >= 4 is 27.7 Å². The van der Waals surface area contributed by atoms with Crippen LogP contribution in [0.3, 0.4) is 0 Å². The lowest BCUT2D eigenvalue weighted by Gasteiger charge is -2.06. The molecule has 0 N–H and O–H groups in total. The lowest BCUT2D eigenvalue weighted by atomic mass is 10.0. The zero-order chi connectivity index (χ0) is 12.3. The van der Waals surface area contributed by atoms with E-state index in [1.54, 1.807) is 11.8 Å². The molecule has 2 aromatic rings. The summed E-state index contributed by atoms with van der Waals surface area (Å²) in [6, 6.07) is 17.2. The van der Waals surface area contributed by atoms with Crippen molar-refractivity contribution in [2.45, 2.75) is 29.6 Å². The number of rotatable bonds is 3. The van der Waals surface area contributed by atoms with Crippen molar-refractivity contribution < 1.29 is 0 Å². The summed E-state index contributed by atoms with van der Waals surface area (Å²) < 4.78 is 1.12. The van der Waals surface area contributed by atoms with Crippen molar-refractivity contribution in [2.24, 2.45) is 0 Å². The molecule has 0 heterocycles. The van der Waals surface area contributed by atoms with Crippen LogP contribution in [0, 0.1) is 0 Å². The average Bonchev–Trinajstić information content (AvgIpc) is 2.33. The van der Waals surface area contributed by atoms with Crippen LogP contribution in [-0.4, -0.2) is 0 Å². The van der Waals surface area contributed by atoms with Gasteiger partial charge in [-0.1, -0.05) is 53.7 Å². The van der Waals surface area contributed by atoms with Crippen molar-refractivity contribution in [3.8, 4) is 0 Å². The van der Waals surface area contributed by atoms with Gasteiger partial charge >= 0.3 is 0 Å². The summed E-state index contributed by atoms with van der Waals surface area (Å²) in [5, 5.41) is 0. The topological polar surface area (TPSA) is 0 Å². The normalized spacial score (nSPS) is 10.8. The number of hydrogen-bond donors (Lipinski definition) is 0. The van der Waals surface area contributed by atoms with Crippen molar-refractivity contribution in [3.63, 3.8) is 0 Å². The summed E-state index contributed by atoms with van der Waals surface area (Å²) >= 11 is 5.24. The molecule has 0 nitrogen and oxygen atoms in total. The summed E-state index contributed by atoms with van der Waals surface area (Å²) in [6.45, 7) is 4.44. The minimum atomic E-state index is 0.599. The molecular weight excluding hydrogens is 292 g/mol. The Hall–Kier alpha value is -0.730. The molecule has 0 fully saturated rings. The van der Waals surface area contributed by atoms with Crippen molar-refractivity contribution in [2.75, 3.05) is 0 Å². The summed E-state index contributed by atoms with van der Waals surface area (Å²) in [5.74, 6) is 0.599. The molecule has 0 bridgehead atoms. The Morgan fingerprint density at radius 2 is 1.29 bits per heavy atom. The largest absolute Gasteiger partial charge is 0.0901 e. The highest BCUT2D eigenvalue weighted by Gasteiger charge is 2.00. The van der Waals surface area contributed by atoms with E-state index in [0.717, 1.165) is 4.47 Å². The molecule has 0 saturated heterocycles. The van der Waals surface area contributed by atoms with E-state index in [9.17, 15) is 0 Å². The van der Waals surface area contributed by atoms with Crippen LogP contribution in [0.1, 0.15) is 25.3 Å². The van der Waals surface area contributed by atoms with Gasteiger partial charge in [0.1, 0.15) is 0 Å². The number of benzene rings is 2. The van der Waals surface area contributed by atoms with Gasteiger partial charge in [0.2, 0.25) is 0 Å². The maximum atomic E-state index is 3.45. The standard InChI is InChI=1S/C15H15BrS/c1-11(2)12-3-7-14(8-4-12)17-15-9-5-13(16)6-10-15/h3-11H,1-2H3. The molecule has 0 radical (unpaired) electrons. The Balaban J connectivity index is 2.11. The first-order valence-corrected chi connectivity index (χ1v) is 7.29. The predicted molar refractivity (Wildman–Crippen MR) is 78.8 cm³/mol. The molecule has 0 aliphatic rings. The van der Waals surface area contributed by atoms with Crippen LogP contribution < -0.4 is 0 Å². The van der Waals surface area contributed by atoms with Gasteiger partial charge in [-0.25, -0.2) is 0 Å². The molecule has 0 unspecified atom stereocenters. The van der Waals surface area contributed by atoms with Gasteiger partial charge < -0.3 is 0 Å². The third kappa shape index (κ3) is 3.62. The molecule has 88 valence electrons. The molecule has 2 rings (SSSR count). The maximum absolute atomic E-state index is 3.45. The second-order valence-electron chi connectivity index (χ2n) is 4.28. The van der Waals surface area contributed by atoms with E-state index in [0.29, 0.717) is 5.92 Å². The molecule has 17 heavy (non-hydrogen) atoms. The second kappa shape index (κ2) is 5.74. The minimum Gasteiger partial charge on any atom is -0.0901 e. The van der Waals surface area contributed by atoms with Crippen LogP contribution in [0.25, 0.3) is 0 Å². The predicted octanol–water partition coefficient (Wildman–Crippen LogP) is 5.72. The van der Waals surface area contributed by atoms with Gasteiger partial charge in [0.15, 0.2) is 0 Å². The third-order valence-corrected chi connectivity index (χ3v) is 4.14. The maximum Gasteiger partial charge on any atom is 0.0176 e. The van der Waals surface area contributed by atoms with E-state index >= 15 is 0 Å². The minimum absolute atomic E-state index is 0.599. The smallest absolute Gasteiger partial charge is 0.0176 e. The van der Waals surface area contributed by atoms with Crippen LogP contribution in [0.5, 0.6) is 0 Å². The Labute approximate surface area is 116 Å². The highest BCUT2D eigenvalue weighted by molar-refractivity contribution is 9.10. The molecule has 0 saturated carbocycles. The van der Waals surface area contributed by atoms with Gasteiger partial charge in [-0.05, 0) is 47.9 Å². The molecule has 0 aliphatic carbocycles. The summed E-state index contributed by atoms with van der Waals surface area (Å²) in [4.78, 5) is 2.56. The highest BCUT2D eigenvalue weighted by atomic mass is 79.9. The molecule has 0 spiro atoms. The molecule has 0 aliphatic heterocycles. The van der Waals surface area contributed by atoms with Gasteiger partial charge in [0.05, 0.1) is 0 Å². The van der Waals surface area contributed by atoms with E-state index in [-0.39, 0.29) is 0 Å². The van der Waals surface area contributed by atoms with Gasteiger partial charge in [-0.15, -0.1) is 0 Å². The fourth-order valence-corrected chi connectivity index (χ4v) is 2.64. The van der Waals surface area contributed by atoms with E-state index in [1.807, 2.05) is 0 Å². The quantitative estimate of drug-likeness (QED) is 0.698. The van der Waals surface area contributed by atoms with Crippen molar-refractivity contribution in [1.82, 2.24) is 0 Å². The Morgan fingerprint density at radius 1 is 0.824 bits per heavy atom. The first-order valence-electron chi connectivity index (χ1n) is 5.68. The van der Waals surface area contributed by atoms with Crippen LogP contribution in [0.4, 0.5) is 0 Å². The molecular formula is C15H15BrS. The summed E-state index contributed by atoms with van der Waals surface area (Å²) in [6.07, 6.45) is 0. The second-order valence-corrected chi connectivity index (χ2v) is 6.34. The van der Waals surface area contributed by atoms with Gasteiger partial charge in [-0.3, -0.25) is 0 Å². The van der Waals surface area contributed by atoms with E-state index in [1.165, 1.54) is 15.4 Å². The Morgan fingerprint density at radius 3 is 1.76 bits per heavy atom. The molecule has 0 aromatic heterocycles. The monoisotopic (exact) mass is 306 g/mol. The zero-order valence-corrected chi connectivity index (χ0v) is 12.4. The molecule has 0 amide bonds. The van der Waals surface area contributed by atoms with Crippen LogP contribution in [0.15, 0.2) is 62.8 Å². The first kappa shape index (κ1) is 12.7. The summed E-state index contributed by atoms with van der Waals surface area (Å²) in [5.41, 5.74) is 1.39. The van der Waals surface area contributed by atoms with Crippen molar-refractivity contribution in [1.29, 1.82) is 0 Å². The van der Waals surface area contributed by atoms with Crippen LogP contribution >= 0.6 is 27.7 Å². The lowest BCUT2D eigenvalue weighted by molar-refractivity contribution is 0.865. The van der Waals surface area contributed by atoms with E-state index in [4.69, 9.17) is 0 Å². The van der Waals surface area contributed by atoms with Gasteiger partial charge in [-0.2, -0.15) is 0 Å². The summed E-state index contributed by atoms with van der Waals surface area (Å²) in [7, 11) is 0. The van der Waals surface area contributed by atoms with Crippen LogP contribution in [0.2, 0.25) is 0 Å². The highest BCUT2D eigenvalue weighted by Crippen LogP contribution is 2.29. The zero-order valence-electron chi connectivity index (χ0n) is 9.98. The Kier molecular flexibility index (Phi) is 4.30. The fourth-order valence-electron chi connectivity index (χ4n) is 1.56. The average molecular weight is 307 g/mol. The molecule has 0 atom stereocenters. The van der Waals surface area contributed by atoms with E-state index < -0.39 is 0 Å². The molecule has 2 aromatic carbocycles. The fraction of sp³-hybridized carbons (Fsp3) is 0.200.